The van der Waals surface area contributed by atoms with Crippen LogP contribution in [0.4, 0.5) is 4.79 Å². The molecular formula is C48H51N3O8. The topological polar surface area (TPSA) is 138 Å². The molecule has 0 aliphatic carbocycles. The Labute approximate surface area is 345 Å². The molecule has 5 aromatic rings. The number of alkyl carbamates (subject to hydrolysis) is 1. The summed E-state index contributed by atoms with van der Waals surface area (Å²) in [6.07, 6.45) is -2.78. The summed E-state index contributed by atoms with van der Waals surface area (Å²) in [4.78, 5) is 41.9. The lowest BCUT2D eigenvalue weighted by molar-refractivity contribution is -0.276. The van der Waals surface area contributed by atoms with Gasteiger partial charge in [0, 0.05) is 24.1 Å². The van der Waals surface area contributed by atoms with Gasteiger partial charge < -0.3 is 29.7 Å². The highest BCUT2D eigenvalue weighted by Crippen LogP contribution is 2.42. The van der Waals surface area contributed by atoms with Gasteiger partial charge in [-0.15, -0.1) is 0 Å². The molecule has 0 radical (unpaired) electrons. The number of rotatable bonds is 14. The normalized spacial score (nSPS) is 21.7. The van der Waals surface area contributed by atoms with E-state index in [2.05, 4.69) is 17.1 Å². The van der Waals surface area contributed by atoms with E-state index in [1.54, 1.807) is 0 Å². The Bertz CT molecular complexity index is 2180. The predicted molar refractivity (Wildman–Crippen MR) is 222 cm³/mol. The first-order valence-corrected chi connectivity index (χ1v) is 20.0. The standard InChI is InChI=1S/C48H51N3O8/c1-31-42(28-50(3)32(2)44(54)37-14-8-5-9-15-37)58-47(59-45(31)38-19-17-33(29-52)18-20-38)39-23-21-36(22-24-39)40-16-10-13-35(25-40)27-51-43(53)26-41(46(51)55)49-48(56)57-30-34-11-6-4-7-12-34/h4-25,31-32,41-42,44-45,47,52,54H,26-30H2,1-3H3,(H,49,56)/t31-,32+,41?,42+,44+,45+,47+/m0/s1. The fraction of sp³-hybridized carbons (Fsp3) is 0.312. The van der Waals surface area contributed by atoms with Crippen LogP contribution in [0.1, 0.15) is 72.1 Å². The third-order valence-corrected chi connectivity index (χ3v) is 11.4. The van der Waals surface area contributed by atoms with Crippen LogP contribution in [0.25, 0.3) is 11.1 Å². The second kappa shape index (κ2) is 18.9. The molecule has 7 rings (SSSR count). The highest BCUT2D eigenvalue weighted by molar-refractivity contribution is 6.06. The van der Waals surface area contributed by atoms with E-state index in [9.17, 15) is 24.6 Å². The van der Waals surface area contributed by atoms with Gasteiger partial charge in [0.2, 0.25) is 5.91 Å². The molecule has 11 heteroatoms. The molecule has 11 nitrogen and oxygen atoms in total. The molecule has 59 heavy (non-hydrogen) atoms. The number of benzene rings is 5. The highest BCUT2D eigenvalue weighted by atomic mass is 16.7. The Hall–Kier alpha value is -5.69. The SMILES string of the molecule is C[C@H]1[C@@H](CN(C)[C@H](C)[C@@H](O)c2ccccc2)O[C@@H](c2ccc(-c3cccc(CN4C(=O)CC(NC(=O)OCc5ccccc5)C4=O)c3)cc2)O[C@H]1c1ccc(CO)cc1. The summed E-state index contributed by atoms with van der Waals surface area (Å²) in [5.74, 6) is -0.878. The Balaban J connectivity index is 1.03. The van der Waals surface area contributed by atoms with Crippen LogP contribution in [-0.4, -0.2) is 69.7 Å². The third-order valence-electron chi connectivity index (χ3n) is 11.4. The van der Waals surface area contributed by atoms with Crippen molar-refractivity contribution >= 4 is 17.9 Å². The number of hydrogen-bond donors (Lipinski definition) is 3. The Morgan fingerprint density at radius 2 is 1.49 bits per heavy atom. The zero-order chi connectivity index (χ0) is 41.5. The first-order chi connectivity index (χ1) is 28.6. The number of carbonyl (C=O) groups excluding carboxylic acids is 3. The molecule has 1 unspecified atom stereocenters. The van der Waals surface area contributed by atoms with Gasteiger partial charge in [0.05, 0.1) is 37.9 Å². The number of likely N-dealkylation sites (tertiary alicyclic amines) is 1. The van der Waals surface area contributed by atoms with E-state index in [1.165, 1.54) is 4.90 Å². The lowest BCUT2D eigenvalue weighted by Crippen LogP contribution is -2.46. The molecule has 0 spiro atoms. The number of aliphatic hydroxyl groups is 2. The summed E-state index contributed by atoms with van der Waals surface area (Å²) < 4.78 is 18.7. The lowest BCUT2D eigenvalue weighted by Gasteiger charge is -2.43. The molecule has 2 heterocycles. The Kier molecular flexibility index (Phi) is 13.3. The molecule has 2 saturated heterocycles. The van der Waals surface area contributed by atoms with Crippen molar-refractivity contribution < 1.29 is 38.8 Å². The van der Waals surface area contributed by atoms with Gasteiger partial charge in [-0.2, -0.15) is 0 Å². The van der Waals surface area contributed by atoms with Crippen LogP contribution in [0.3, 0.4) is 0 Å². The number of aliphatic hydroxyl groups excluding tert-OH is 2. The van der Waals surface area contributed by atoms with Gasteiger partial charge in [0.15, 0.2) is 6.29 Å². The summed E-state index contributed by atoms with van der Waals surface area (Å²) in [6.45, 7) is 4.77. The second-order valence-corrected chi connectivity index (χ2v) is 15.5. The van der Waals surface area contributed by atoms with Crippen molar-refractivity contribution in [2.24, 2.45) is 5.92 Å². The minimum absolute atomic E-state index is 0.0364. The van der Waals surface area contributed by atoms with Crippen LogP contribution in [0.5, 0.6) is 0 Å². The number of imide groups is 1. The van der Waals surface area contributed by atoms with E-state index >= 15 is 0 Å². The van der Waals surface area contributed by atoms with Crippen molar-refractivity contribution in [1.29, 1.82) is 0 Å². The molecule has 0 bridgehead atoms. The van der Waals surface area contributed by atoms with Gasteiger partial charge in [-0.05, 0) is 59.0 Å². The molecule has 306 valence electrons. The summed E-state index contributed by atoms with van der Waals surface area (Å²) in [5.41, 5.74) is 6.91. The Morgan fingerprint density at radius 3 is 2.19 bits per heavy atom. The maximum absolute atomic E-state index is 13.2. The smallest absolute Gasteiger partial charge is 0.408 e. The molecule has 2 fully saturated rings. The van der Waals surface area contributed by atoms with E-state index in [0.717, 1.165) is 44.5 Å². The van der Waals surface area contributed by atoms with E-state index in [-0.39, 0.29) is 56.3 Å². The summed E-state index contributed by atoms with van der Waals surface area (Å²) in [6, 6.07) is 41.1. The van der Waals surface area contributed by atoms with E-state index in [4.69, 9.17) is 14.2 Å². The highest BCUT2D eigenvalue weighted by Gasteiger charge is 2.41. The van der Waals surface area contributed by atoms with Crippen LogP contribution < -0.4 is 5.32 Å². The zero-order valence-corrected chi connectivity index (χ0v) is 33.5. The largest absolute Gasteiger partial charge is 0.445 e. The molecule has 2 aliphatic heterocycles. The maximum Gasteiger partial charge on any atom is 0.408 e. The average Bonchev–Trinajstić information content (AvgIpc) is 3.53. The van der Waals surface area contributed by atoms with Gasteiger partial charge >= 0.3 is 6.09 Å². The summed E-state index contributed by atoms with van der Waals surface area (Å²) in [7, 11) is 2.00. The summed E-state index contributed by atoms with van der Waals surface area (Å²) >= 11 is 0. The van der Waals surface area contributed by atoms with Gasteiger partial charge in [-0.3, -0.25) is 19.4 Å². The first-order valence-electron chi connectivity index (χ1n) is 20.0. The zero-order valence-electron chi connectivity index (χ0n) is 33.5. The first kappa shape index (κ1) is 41.5. The van der Waals surface area contributed by atoms with Crippen molar-refractivity contribution in [3.8, 4) is 11.1 Å². The molecule has 7 atom stereocenters. The number of carbonyl (C=O) groups is 3. The van der Waals surface area contributed by atoms with Crippen molar-refractivity contribution in [3.63, 3.8) is 0 Å². The predicted octanol–water partition coefficient (Wildman–Crippen LogP) is 7.25. The van der Waals surface area contributed by atoms with Crippen molar-refractivity contribution in [1.82, 2.24) is 15.1 Å². The Morgan fingerprint density at radius 1 is 0.831 bits per heavy atom. The molecule has 3 amide bonds. The van der Waals surface area contributed by atoms with Gasteiger partial charge in [-0.25, -0.2) is 4.79 Å². The fourth-order valence-corrected chi connectivity index (χ4v) is 7.68. The molecule has 0 saturated carbocycles. The number of likely N-dealkylation sites (N-methyl/N-ethyl adjacent to an activating group) is 1. The second-order valence-electron chi connectivity index (χ2n) is 15.5. The number of amides is 3. The van der Waals surface area contributed by atoms with E-state index in [0.29, 0.717) is 6.54 Å². The van der Waals surface area contributed by atoms with Crippen LogP contribution in [0.2, 0.25) is 0 Å². The van der Waals surface area contributed by atoms with Crippen molar-refractivity contribution in [2.75, 3.05) is 13.6 Å². The van der Waals surface area contributed by atoms with Crippen LogP contribution >= 0.6 is 0 Å². The van der Waals surface area contributed by atoms with Crippen molar-refractivity contribution in [2.45, 2.75) is 76.7 Å². The monoisotopic (exact) mass is 797 g/mol. The van der Waals surface area contributed by atoms with E-state index < -0.39 is 30.4 Å². The van der Waals surface area contributed by atoms with E-state index in [1.807, 2.05) is 147 Å². The summed E-state index contributed by atoms with van der Waals surface area (Å²) in [5, 5.41) is 23.4. The van der Waals surface area contributed by atoms with Gasteiger partial charge in [-0.1, -0.05) is 134 Å². The maximum atomic E-state index is 13.2. The minimum atomic E-state index is -0.988. The number of nitrogens with zero attached hydrogens (tertiary/aromatic N) is 2. The average molecular weight is 798 g/mol. The molecule has 2 aliphatic rings. The van der Waals surface area contributed by atoms with Crippen LogP contribution in [0, 0.1) is 5.92 Å². The molecule has 0 aromatic heterocycles. The van der Waals surface area contributed by atoms with Crippen molar-refractivity contribution in [3.05, 3.63) is 167 Å². The molecule has 3 N–H and O–H groups in total. The quantitative estimate of drug-likeness (QED) is 0.0993. The van der Waals surface area contributed by atoms with Crippen LogP contribution in [-0.2, 0) is 43.6 Å². The molecular weight excluding hydrogens is 747 g/mol. The lowest BCUT2D eigenvalue weighted by atomic mass is 9.89. The number of ether oxygens (including phenoxy) is 3. The van der Waals surface area contributed by atoms with Gasteiger partial charge in [0.25, 0.3) is 5.91 Å². The van der Waals surface area contributed by atoms with Crippen LogP contribution in [0.15, 0.2) is 133 Å². The number of nitrogens with one attached hydrogen (secondary N) is 1. The van der Waals surface area contributed by atoms with Gasteiger partial charge in [0.1, 0.15) is 12.6 Å². The minimum Gasteiger partial charge on any atom is -0.445 e. The number of hydrogen-bond acceptors (Lipinski definition) is 9. The fourth-order valence-electron chi connectivity index (χ4n) is 7.68. The molecule has 5 aromatic carbocycles. The third kappa shape index (κ3) is 9.96.